The van der Waals surface area contributed by atoms with E-state index >= 15 is 0 Å². The van der Waals surface area contributed by atoms with E-state index in [0.29, 0.717) is 6.42 Å². The normalized spacial score (nSPS) is 15.0. The molecule has 0 spiro atoms. The number of nitrogens with zero attached hydrogens (tertiary/aromatic N) is 2. The topological polar surface area (TPSA) is 151 Å². The maximum absolute atomic E-state index is 12.7. The number of nitro benzene ring substituents is 1. The Morgan fingerprint density at radius 1 is 1.17 bits per heavy atom. The van der Waals surface area contributed by atoms with Gasteiger partial charge in [-0.15, -0.1) is 0 Å². The van der Waals surface area contributed by atoms with Crippen LogP contribution in [0.25, 0.3) is 0 Å². The molecular formula is C19H18N4O6S. The third kappa shape index (κ3) is 4.63. The predicted octanol–water partition coefficient (Wildman–Crippen LogP) is 3.60. The first-order chi connectivity index (χ1) is 14.2. The Hall–Kier alpha value is -3.73. The summed E-state index contributed by atoms with van der Waals surface area (Å²) in [6.45, 7) is 1.96. The van der Waals surface area contributed by atoms with Crippen molar-refractivity contribution in [2.24, 2.45) is 5.10 Å². The van der Waals surface area contributed by atoms with Crippen molar-refractivity contribution in [1.82, 2.24) is 0 Å². The first-order valence-corrected chi connectivity index (χ1v) is 10.3. The van der Waals surface area contributed by atoms with Crippen LogP contribution in [0, 0.1) is 10.1 Å². The van der Waals surface area contributed by atoms with Crippen molar-refractivity contribution in [2.75, 3.05) is 10.1 Å². The highest BCUT2D eigenvalue weighted by molar-refractivity contribution is 7.92. The van der Waals surface area contributed by atoms with E-state index < -0.39 is 26.6 Å². The quantitative estimate of drug-likeness (QED) is 0.448. The molecule has 0 fully saturated rings. The van der Waals surface area contributed by atoms with Crippen molar-refractivity contribution in [3.8, 4) is 0 Å². The lowest BCUT2D eigenvalue weighted by Gasteiger charge is -2.11. The average molecular weight is 430 g/mol. The molecule has 0 aromatic heterocycles. The predicted molar refractivity (Wildman–Crippen MR) is 111 cm³/mol. The number of sulfonamides is 1. The van der Waals surface area contributed by atoms with E-state index in [0.717, 1.165) is 23.8 Å². The summed E-state index contributed by atoms with van der Waals surface area (Å²) >= 11 is 0. The lowest BCUT2D eigenvalue weighted by Crippen LogP contribution is -2.16. The smallest absolute Gasteiger partial charge is 0.337 e. The van der Waals surface area contributed by atoms with Crippen molar-refractivity contribution in [3.63, 3.8) is 0 Å². The molecule has 0 saturated heterocycles. The average Bonchev–Trinajstić information content (AvgIpc) is 3.11. The number of nitrogens with one attached hydrogen (secondary N) is 2. The van der Waals surface area contributed by atoms with E-state index in [2.05, 4.69) is 15.2 Å². The van der Waals surface area contributed by atoms with Crippen molar-refractivity contribution >= 4 is 38.8 Å². The fraction of sp³-hybridized carbons (Fsp3) is 0.158. The summed E-state index contributed by atoms with van der Waals surface area (Å²) in [6, 6.07) is 8.77. The summed E-state index contributed by atoms with van der Waals surface area (Å²) in [7, 11) is -4.27. The van der Waals surface area contributed by atoms with Gasteiger partial charge >= 0.3 is 5.97 Å². The molecule has 2 aromatic carbocycles. The number of carbonyl (C=O) groups is 1. The van der Waals surface area contributed by atoms with Crippen LogP contribution in [0.3, 0.4) is 0 Å². The van der Waals surface area contributed by atoms with E-state index in [1.54, 1.807) is 0 Å². The van der Waals surface area contributed by atoms with Crippen molar-refractivity contribution in [2.45, 2.75) is 24.7 Å². The lowest BCUT2D eigenvalue weighted by molar-refractivity contribution is -0.384. The minimum absolute atomic E-state index is 0.0374. The van der Waals surface area contributed by atoms with E-state index in [1.807, 2.05) is 13.0 Å². The van der Waals surface area contributed by atoms with Gasteiger partial charge in [-0.3, -0.25) is 20.3 Å². The van der Waals surface area contributed by atoms with Gasteiger partial charge in [0.25, 0.3) is 15.7 Å². The van der Waals surface area contributed by atoms with E-state index in [4.69, 9.17) is 0 Å². The van der Waals surface area contributed by atoms with Crippen molar-refractivity contribution in [1.29, 1.82) is 0 Å². The third-order valence-corrected chi connectivity index (χ3v) is 5.75. The van der Waals surface area contributed by atoms with Gasteiger partial charge in [-0.2, -0.15) is 5.10 Å². The van der Waals surface area contributed by atoms with Crippen LogP contribution in [-0.4, -0.2) is 30.1 Å². The molecular weight excluding hydrogens is 412 g/mol. The van der Waals surface area contributed by atoms with Gasteiger partial charge < -0.3 is 5.11 Å². The Morgan fingerprint density at radius 2 is 1.90 bits per heavy atom. The largest absolute Gasteiger partial charge is 0.478 e. The Kier molecular flexibility index (Phi) is 5.83. The minimum Gasteiger partial charge on any atom is -0.478 e. The van der Waals surface area contributed by atoms with E-state index in [-0.39, 0.29) is 21.8 Å². The van der Waals surface area contributed by atoms with Gasteiger partial charge in [0.15, 0.2) is 0 Å². The number of hydrogen-bond acceptors (Lipinski definition) is 7. The second-order valence-corrected chi connectivity index (χ2v) is 8.28. The maximum atomic E-state index is 12.7. The van der Waals surface area contributed by atoms with Crippen LogP contribution in [0.15, 0.2) is 64.1 Å². The van der Waals surface area contributed by atoms with Crippen LogP contribution in [0.5, 0.6) is 0 Å². The van der Waals surface area contributed by atoms with Gasteiger partial charge in [-0.1, -0.05) is 17.7 Å². The Balaban J connectivity index is 1.92. The second kappa shape index (κ2) is 8.33. The molecule has 156 valence electrons. The first kappa shape index (κ1) is 21.0. The van der Waals surface area contributed by atoms with Crippen LogP contribution >= 0.6 is 0 Å². The summed E-state index contributed by atoms with van der Waals surface area (Å²) in [6.07, 6.45) is 3.46. The van der Waals surface area contributed by atoms with Crippen LogP contribution in [0.2, 0.25) is 0 Å². The Bertz CT molecular complexity index is 1190. The monoisotopic (exact) mass is 430 g/mol. The molecule has 30 heavy (non-hydrogen) atoms. The number of anilines is 2. The maximum Gasteiger partial charge on any atom is 0.337 e. The Morgan fingerprint density at radius 3 is 2.53 bits per heavy atom. The summed E-state index contributed by atoms with van der Waals surface area (Å²) in [5, 5.41) is 24.8. The van der Waals surface area contributed by atoms with Gasteiger partial charge in [0.05, 0.1) is 26.8 Å². The number of rotatable bonds is 7. The molecule has 1 aliphatic rings. The molecule has 1 aliphatic carbocycles. The molecule has 3 N–H and O–H groups in total. The SMILES string of the molecule is CC1=C/C(=N/Nc2ccc(S(=O)(=O)Nc3ccccc3C(=O)O)cc2[N+](=O)[O-])CC1. The summed E-state index contributed by atoms with van der Waals surface area (Å²) in [5.41, 5.74) is 3.68. The molecule has 0 amide bonds. The molecule has 0 radical (unpaired) electrons. The molecule has 3 rings (SSSR count). The van der Waals surface area contributed by atoms with E-state index in [1.165, 1.54) is 36.4 Å². The summed E-state index contributed by atoms with van der Waals surface area (Å²) in [5.74, 6) is -1.31. The fourth-order valence-electron chi connectivity index (χ4n) is 2.86. The van der Waals surface area contributed by atoms with Gasteiger partial charge in [0.1, 0.15) is 5.69 Å². The molecule has 0 saturated carbocycles. The molecule has 10 nitrogen and oxygen atoms in total. The number of hydrazone groups is 1. The number of nitro groups is 1. The fourth-order valence-corrected chi connectivity index (χ4v) is 3.96. The highest BCUT2D eigenvalue weighted by atomic mass is 32.2. The summed E-state index contributed by atoms with van der Waals surface area (Å²) in [4.78, 5) is 21.6. The number of carboxylic acid groups (broad SMARTS) is 1. The number of benzene rings is 2. The number of para-hydroxylation sites is 1. The van der Waals surface area contributed by atoms with Gasteiger partial charge in [0, 0.05) is 6.07 Å². The van der Waals surface area contributed by atoms with Crippen LogP contribution in [0.4, 0.5) is 17.1 Å². The molecule has 0 unspecified atom stereocenters. The molecule has 11 heteroatoms. The zero-order valence-corrected chi connectivity index (χ0v) is 16.6. The van der Waals surface area contributed by atoms with Gasteiger partial charge in [-0.25, -0.2) is 13.2 Å². The zero-order valence-electron chi connectivity index (χ0n) is 15.8. The highest BCUT2D eigenvalue weighted by Crippen LogP contribution is 2.29. The summed E-state index contributed by atoms with van der Waals surface area (Å²) < 4.78 is 27.5. The van der Waals surface area contributed by atoms with Crippen LogP contribution in [-0.2, 0) is 10.0 Å². The van der Waals surface area contributed by atoms with E-state index in [9.17, 15) is 28.4 Å². The lowest BCUT2D eigenvalue weighted by atomic mass is 10.2. The number of allylic oxidation sites excluding steroid dienone is 2. The zero-order chi connectivity index (χ0) is 21.9. The minimum atomic E-state index is -4.27. The second-order valence-electron chi connectivity index (χ2n) is 6.60. The highest BCUT2D eigenvalue weighted by Gasteiger charge is 2.23. The van der Waals surface area contributed by atoms with Crippen LogP contribution in [0.1, 0.15) is 30.1 Å². The molecule has 2 aromatic rings. The van der Waals surface area contributed by atoms with Gasteiger partial charge in [-0.05, 0) is 50.1 Å². The molecule has 0 atom stereocenters. The standard InChI is InChI=1S/C19H18N4O6S/c1-12-6-7-13(10-12)20-21-17-9-8-14(11-18(17)23(26)27)30(28,29)22-16-5-3-2-4-15(16)19(24)25/h2-5,8-11,21-22H,6-7H2,1H3,(H,24,25)/b20-13+. The number of hydrogen-bond donors (Lipinski definition) is 3. The molecule has 0 bridgehead atoms. The molecule has 0 aliphatic heterocycles. The van der Waals surface area contributed by atoms with Crippen LogP contribution < -0.4 is 10.1 Å². The number of carboxylic acids is 1. The Labute approximate surface area is 172 Å². The van der Waals surface area contributed by atoms with Crippen molar-refractivity contribution in [3.05, 3.63) is 69.8 Å². The van der Waals surface area contributed by atoms with Gasteiger partial charge in [0.2, 0.25) is 0 Å². The molecule has 0 heterocycles. The number of aromatic carboxylic acids is 1. The van der Waals surface area contributed by atoms with Crippen molar-refractivity contribution < 1.29 is 23.2 Å². The first-order valence-electron chi connectivity index (χ1n) is 8.81. The third-order valence-electron chi connectivity index (χ3n) is 4.39.